The van der Waals surface area contributed by atoms with Crippen LogP contribution in [0.1, 0.15) is 78.1 Å². The van der Waals surface area contributed by atoms with E-state index in [4.69, 9.17) is 4.74 Å². The van der Waals surface area contributed by atoms with Crippen molar-refractivity contribution in [1.82, 2.24) is 0 Å². The average molecular weight is 392 g/mol. The van der Waals surface area contributed by atoms with Crippen molar-refractivity contribution in [2.24, 2.45) is 5.92 Å². The predicted molar refractivity (Wildman–Crippen MR) is 93.8 cm³/mol. The first-order valence-electron chi connectivity index (χ1n) is 9.24. The first kappa shape index (κ1) is 24.9. The highest BCUT2D eigenvalue weighted by Crippen LogP contribution is 2.17. The fourth-order valence-corrected chi connectivity index (χ4v) is 3.00. The highest BCUT2D eigenvalue weighted by Gasteiger charge is 2.16. The van der Waals surface area contributed by atoms with Gasteiger partial charge in [0.2, 0.25) is 0 Å². The van der Waals surface area contributed by atoms with Crippen molar-refractivity contribution in [3.8, 4) is 0 Å². The lowest BCUT2D eigenvalue weighted by Gasteiger charge is -2.19. The highest BCUT2D eigenvalue weighted by molar-refractivity contribution is 5.81. The Morgan fingerprint density at radius 3 is 2.22 bits per heavy atom. The van der Waals surface area contributed by atoms with E-state index in [1.807, 2.05) is 6.92 Å². The normalized spacial score (nSPS) is 13.0. The quantitative estimate of drug-likeness (QED) is 0.255. The predicted octanol–water partition coefficient (Wildman–Crippen LogP) is 0.838. The van der Waals surface area contributed by atoms with Crippen molar-refractivity contribution in [2.45, 2.75) is 84.2 Å². The van der Waals surface area contributed by atoms with Crippen molar-refractivity contribution in [3.05, 3.63) is 12.7 Å². The zero-order valence-corrected chi connectivity index (χ0v) is 17.1. The molecule has 0 amide bonds. The number of carbonyl (C=O) groups excluding carboxylic acids is 1. The van der Waals surface area contributed by atoms with E-state index in [1.54, 1.807) is 0 Å². The average Bonchev–Trinajstić information content (AvgIpc) is 2.49. The number of carbonyl (C=O) groups is 1. The van der Waals surface area contributed by atoms with E-state index in [9.17, 15) is 4.79 Å². The van der Waals surface area contributed by atoms with Gasteiger partial charge in [-0.25, -0.2) is 4.79 Å². The van der Waals surface area contributed by atoms with Crippen LogP contribution in [-0.2, 0) is 9.53 Å². The lowest BCUT2D eigenvalue weighted by molar-refractivity contribution is -0.633. The third-order valence-electron chi connectivity index (χ3n) is 4.18. The Morgan fingerprint density at radius 2 is 1.70 bits per heavy atom. The summed E-state index contributed by atoms with van der Waals surface area (Å²) in [6.07, 6.45) is 14.3. The minimum absolute atomic E-state index is 0. The summed E-state index contributed by atoms with van der Waals surface area (Å²) in [7, 11) is 2.11. The summed E-state index contributed by atoms with van der Waals surface area (Å²) in [5.74, 6) is 0.330. The SMILES string of the molecule is C=CC(=O)OC(C)CC(CCCCCCCCCC)C[NH2+]C.[Br-]. The lowest BCUT2D eigenvalue weighted by Crippen LogP contribution is -3.00. The number of hydrogen-bond donors (Lipinski definition) is 1. The molecule has 0 aromatic heterocycles. The van der Waals surface area contributed by atoms with Gasteiger partial charge in [-0.2, -0.15) is 0 Å². The number of rotatable bonds is 15. The molecule has 0 bridgehead atoms. The van der Waals surface area contributed by atoms with Gasteiger partial charge in [0, 0.05) is 12.0 Å². The van der Waals surface area contributed by atoms with E-state index < -0.39 is 0 Å². The van der Waals surface area contributed by atoms with E-state index >= 15 is 0 Å². The third-order valence-corrected chi connectivity index (χ3v) is 4.18. The van der Waals surface area contributed by atoms with E-state index in [1.165, 1.54) is 63.9 Å². The smallest absolute Gasteiger partial charge is 0.330 e. The van der Waals surface area contributed by atoms with Crippen LogP contribution in [-0.4, -0.2) is 25.7 Å². The number of esters is 1. The molecule has 2 unspecified atom stereocenters. The van der Waals surface area contributed by atoms with Crippen molar-refractivity contribution in [2.75, 3.05) is 13.6 Å². The molecule has 3 nitrogen and oxygen atoms in total. The Bertz CT molecular complexity index is 285. The molecule has 23 heavy (non-hydrogen) atoms. The van der Waals surface area contributed by atoms with Crippen molar-refractivity contribution in [1.29, 1.82) is 0 Å². The van der Waals surface area contributed by atoms with Gasteiger partial charge in [0.05, 0.1) is 19.7 Å². The van der Waals surface area contributed by atoms with Crippen LogP contribution in [0.3, 0.4) is 0 Å². The van der Waals surface area contributed by atoms with Gasteiger partial charge < -0.3 is 27.0 Å². The van der Waals surface area contributed by atoms with Gasteiger partial charge in [-0.1, -0.05) is 64.9 Å². The standard InChI is InChI=1S/C19H37NO2.BrH/c1-5-7-8-9-10-11-12-13-14-18(16-20-4)15-17(3)22-19(21)6-2;/h6,17-18,20H,2,5,7-16H2,1,3-4H3;1H. The number of hydrogen-bond acceptors (Lipinski definition) is 2. The summed E-state index contributed by atoms with van der Waals surface area (Å²) >= 11 is 0. The zero-order valence-electron chi connectivity index (χ0n) is 15.5. The second-order valence-electron chi connectivity index (χ2n) is 6.46. The van der Waals surface area contributed by atoms with E-state index in [-0.39, 0.29) is 29.1 Å². The molecule has 138 valence electrons. The molecule has 0 aliphatic rings. The summed E-state index contributed by atoms with van der Waals surface area (Å²) in [4.78, 5) is 11.2. The molecule has 0 saturated heterocycles. The number of quaternary nitrogens is 1. The Balaban J connectivity index is 0. The minimum Gasteiger partial charge on any atom is -1.00 e. The van der Waals surface area contributed by atoms with Gasteiger partial charge >= 0.3 is 5.97 Å². The molecule has 0 spiro atoms. The summed E-state index contributed by atoms with van der Waals surface area (Å²) in [6.45, 7) is 8.81. The Kier molecular flexibility index (Phi) is 19.5. The molecular weight excluding hydrogens is 354 g/mol. The largest absolute Gasteiger partial charge is 1.00 e. The minimum atomic E-state index is -0.307. The van der Waals surface area contributed by atoms with Crippen LogP contribution in [0, 0.1) is 5.92 Å². The molecule has 4 heteroatoms. The van der Waals surface area contributed by atoms with Crippen LogP contribution < -0.4 is 22.3 Å². The van der Waals surface area contributed by atoms with Crippen molar-refractivity contribution < 1.29 is 31.8 Å². The van der Waals surface area contributed by atoms with Gasteiger partial charge in [-0.15, -0.1) is 0 Å². The molecule has 0 saturated carbocycles. The van der Waals surface area contributed by atoms with Gasteiger partial charge in [0.15, 0.2) is 0 Å². The number of halogens is 1. The van der Waals surface area contributed by atoms with Gasteiger partial charge in [0.1, 0.15) is 0 Å². The molecule has 0 radical (unpaired) electrons. The van der Waals surface area contributed by atoms with Crippen LogP contribution in [0.25, 0.3) is 0 Å². The highest BCUT2D eigenvalue weighted by atomic mass is 79.9. The molecule has 0 aliphatic carbocycles. The summed E-state index contributed by atoms with van der Waals surface area (Å²) in [6, 6.07) is 0. The van der Waals surface area contributed by atoms with Crippen molar-refractivity contribution >= 4 is 5.97 Å². The van der Waals surface area contributed by atoms with Crippen molar-refractivity contribution in [3.63, 3.8) is 0 Å². The molecule has 0 heterocycles. The fraction of sp³-hybridized carbons (Fsp3) is 0.842. The fourth-order valence-electron chi connectivity index (χ4n) is 3.00. The molecule has 2 N–H and O–H groups in total. The monoisotopic (exact) mass is 391 g/mol. The Labute approximate surface area is 154 Å². The van der Waals surface area contributed by atoms with Crippen LogP contribution >= 0.6 is 0 Å². The third kappa shape index (κ3) is 16.3. The Hall–Kier alpha value is -0.350. The summed E-state index contributed by atoms with van der Waals surface area (Å²) < 4.78 is 5.29. The van der Waals surface area contributed by atoms with E-state index in [0.717, 1.165) is 13.0 Å². The number of ether oxygens (including phenoxy) is 1. The molecule has 2 atom stereocenters. The second-order valence-corrected chi connectivity index (χ2v) is 6.46. The molecule has 0 rings (SSSR count). The molecule has 0 aromatic carbocycles. The first-order valence-corrected chi connectivity index (χ1v) is 9.24. The van der Waals surface area contributed by atoms with Gasteiger partial charge in [-0.05, 0) is 19.8 Å². The second kappa shape index (κ2) is 18.0. The van der Waals surface area contributed by atoms with Gasteiger partial charge in [-0.3, -0.25) is 0 Å². The molecule has 0 fully saturated rings. The topological polar surface area (TPSA) is 42.9 Å². The first-order chi connectivity index (χ1) is 10.6. The molecule has 0 aliphatic heterocycles. The van der Waals surface area contributed by atoms with Crippen LogP contribution in [0.5, 0.6) is 0 Å². The molecular formula is C19H38BrNO2. The maximum Gasteiger partial charge on any atom is 0.330 e. The zero-order chi connectivity index (χ0) is 16.6. The van der Waals surface area contributed by atoms with E-state index in [0.29, 0.717) is 5.92 Å². The maximum absolute atomic E-state index is 11.2. The van der Waals surface area contributed by atoms with E-state index in [2.05, 4.69) is 25.9 Å². The van der Waals surface area contributed by atoms with Crippen LogP contribution in [0.2, 0.25) is 0 Å². The van der Waals surface area contributed by atoms with Gasteiger partial charge in [0.25, 0.3) is 0 Å². The van der Waals surface area contributed by atoms with Crippen LogP contribution in [0.4, 0.5) is 0 Å². The molecule has 0 aromatic rings. The van der Waals surface area contributed by atoms with Crippen LogP contribution in [0.15, 0.2) is 12.7 Å². The number of nitrogens with two attached hydrogens (primary N) is 1. The number of unbranched alkanes of at least 4 members (excludes halogenated alkanes) is 7. The summed E-state index contributed by atoms with van der Waals surface area (Å²) in [5.41, 5.74) is 0. The maximum atomic E-state index is 11.2. The lowest BCUT2D eigenvalue weighted by atomic mass is 9.94. The Morgan fingerprint density at radius 1 is 1.13 bits per heavy atom. The summed E-state index contributed by atoms with van der Waals surface area (Å²) in [5, 5.41) is 2.23.